The largest absolute Gasteiger partial charge is 0.350 e. The van der Waals surface area contributed by atoms with Crippen molar-refractivity contribution < 1.29 is 4.79 Å². The van der Waals surface area contributed by atoms with E-state index in [0.717, 1.165) is 12.1 Å². The van der Waals surface area contributed by atoms with Crippen LogP contribution in [0.25, 0.3) is 0 Å². The van der Waals surface area contributed by atoms with Gasteiger partial charge in [-0.2, -0.15) is 0 Å². The average molecular weight is 273 g/mol. The number of benzene rings is 1. The van der Waals surface area contributed by atoms with E-state index in [1.165, 1.54) is 0 Å². The molecule has 2 rings (SSSR count). The molecule has 1 amide bonds. The molecule has 6 heteroatoms. The van der Waals surface area contributed by atoms with Crippen molar-refractivity contribution in [1.29, 1.82) is 0 Å². The lowest BCUT2D eigenvalue weighted by molar-refractivity contribution is 0.0951. The summed E-state index contributed by atoms with van der Waals surface area (Å²) in [5, 5.41) is 10.4. The summed E-state index contributed by atoms with van der Waals surface area (Å²) in [5.41, 5.74) is 1.81. The zero-order chi connectivity index (χ0) is 14.4. The van der Waals surface area contributed by atoms with Crippen molar-refractivity contribution in [3.8, 4) is 0 Å². The molecule has 20 heavy (non-hydrogen) atoms. The fraction of sp³-hybridized carbons (Fsp3) is 0.357. The summed E-state index contributed by atoms with van der Waals surface area (Å²) in [6.45, 7) is 1.96. The molecule has 0 saturated heterocycles. The van der Waals surface area contributed by atoms with Crippen LogP contribution in [0.4, 0.5) is 0 Å². The maximum absolute atomic E-state index is 12.0. The molecule has 0 unspecified atom stereocenters. The van der Waals surface area contributed by atoms with E-state index >= 15 is 0 Å². The van der Waals surface area contributed by atoms with Crippen LogP contribution in [-0.4, -0.2) is 46.4 Å². The van der Waals surface area contributed by atoms with Gasteiger partial charge in [0.05, 0.1) is 12.7 Å². The molecule has 1 aromatic carbocycles. The Morgan fingerprint density at radius 3 is 2.95 bits per heavy atom. The second-order valence-electron chi connectivity index (χ2n) is 4.86. The van der Waals surface area contributed by atoms with E-state index in [1.54, 1.807) is 17.1 Å². The standard InChI is InChI=1S/C14H19N5O/c1-18(2)11-12-4-3-5-13(10-12)14(20)15-6-8-19-9-7-16-17-19/h3-5,7,9-10H,6,8,11H2,1-2H3,(H,15,20). The maximum atomic E-state index is 12.0. The van der Waals surface area contributed by atoms with Gasteiger partial charge in [0.1, 0.15) is 0 Å². The fourth-order valence-electron chi connectivity index (χ4n) is 1.91. The topological polar surface area (TPSA) is 63.1 Å². The van der Waals surface area contributed by atoms with Gasteiger partial charge in [-0.1, -0.05) is 17.3 Å². The van der Waals surface area contributed by atoms with Crippen LogP contribution in [0.1, 0.15) is 15.9 Å². The summed E-state index contributed by atoms with van der Waals surface area (Å²) in [7, 11) is 4.01. The minimum atomic E-state index is -0.0641. The number of nitrogens with zero attached hydrogens (tertiary/aromatic N) is 4. The predicted molar refractivity (Wildman–Crippen MR) is 76.2 cm³/mol. The average Bonchev–Trinajstić information content (AvgIpc) is 2.91. The van der Waals surface area contributed by atoms with Crippen molar-refractivity contribution in [3.63, 3.8) is 0 Å². The summed E-state index contributed by atoms with van der Waals surface area (Å²) < 4.78 is 1.68. The van der Waals surface area contributed by atoms with Crippen LogP contribution in [0, 0.1) is 0 Å². The zero-order valence-electron chi connectivity index (χ0n) is 11.8. The number of aromatic nitrogens is 3. The van der Waals surface area contributed by atoms with Gasteiger partial charge in [-0.25, -0.2) is 0 Å². The van der Waals surface area contributed by atoms with Crippen molar-refractivity contribution in [1.82, 2.24) is 25.2 Å². The van der Waals surface area contributed by atoms with Crippen molar-refractivity contribution >= 4 is 5.91 Å². The van der Waals surface area contributed by atoms with Crippen LogP contribution >= 0.6 is 0 Å². The Balaban J connectivity index is 1.88. The van der Waals surface area contributed by atoms with Crippen LogP contribution in [0.15, 0.2) is 36.7 Å². The third kappa shape index (κ3) is 4.17. The number of nitrogens with one attached hydrogen (secondary N) is 1. The van der Waals surface area contributed by atoms with Gasteiger partial charge >= 0.3 is 0 Å². The highest BCUT2D eigenvalue weighted by Crippen LogP contribution is 2.07. The molecule has 1 aromatic heterocycles. The SMILES string of the molecule is CN(C)Cc1cccc(C(=O)NCCn2ccnn2)c1. The Kier molecular flexibility index (Phi) is 4.84. The molecule has 0 aliphatic carbocycles. The van der Waals surface area contributed by atoms with Gasteiger partial charge in [-0.3, -0.25) is 9.48 Å². The molecule has 6 nitrogen and oxygen atoms in total. The second kappa shape index (κ2) is 6.81. The van der Waals surface area contributed by atoms with E-state index in [0.29, 0.717) is 18.7 Å². The van der Waals surface area contributed by atoms with E-state index in [4.69, 9.17) is 0 Å². The van der Waals surface area contributed by atoms with Crippen LogP contribution in [0.5, 0.6) is 0 Å². The second-order valence-corrected chi connectivity index (χ2v) is 4.86. The fourth-order valence-corrected chi connectivity index (χ4v) is 1.91. The Hall–Kier alpha value is -2.21. The van der Waals surface area contributed by atoms with Crippen molar-refractivity contribution in [2.75, 3.05) is 20.6 Å². The molecule has 0 spiro atoms. The van der Waals surface area contributed by atoms with Gasteiger partial charge in [-0.05, 0) is 31.8 Å². The van der Waals surface area contributed by atoms with Crippen molar-refractivity contribution in [3.05, 3.63) is 47.8 Å². The Labute approximate surface area is 118 Å². The van der Waals surface area contributed by atoms with Gasteiger partial charge in [-0.15, -0.1) is 5.10 Å². The van der Waals surface area contributed by atoms with Gasteiger partial charge in [0, 0.05) is 24.8 Å². The first kappa shape index (κ1) is 14.2. The van der Waals surface area contributed by atoms with Crippen LogP contribution in [-0.2, 0) is 13.1 Å². The molecule has 0 aliphatic heterocycles. The number of hydrogen-bond donors (Lipinski definition) is 1. The highest BCUT2D eigenvalue weighted by molar-refractivity contribution is 5.94. The molecule has 106 valence electrons. The van der Waals surface area contributed by atoms with Crippen molar-refractivity contribution in [2.24, 2.45) is 0 Å². The maximum Gasteiger partial charge on any atom is 0.251 e. The van der Waals surface area contributed by atoms with E-state index in [-0.39, 0.29) is 5.91 Å². The minimum absolute atomic E-state index is 0.0641. The number of carbonyl (C=O) groups excluding carboxylic acids is 1. The molecule has 1 N–H and O–H groups in total. The molecule has 2 aromatic rings. The molecular weight excluding hydrogens is 254 g/mol. The highest BCUT2D eigenvalue weighted by Gasteiger charge is 2.06. The zero-order valence-corrected chi connectivity index (χ0v) is 11.8. The Morgan fingerprint density at radius 1 is 1.40 bits per heavy atom. The highest BCUT2D eigenvalue weighted by atomic mass is 16.1. The number of carbonyl (C=O) groups is 1. The first-order chi connectivity index (χ1) is 9.65. The lowest BCUT2D eigenvalue weighted by Crippen LogP contribution is -2.27. The minimum Gasteiger partial charge on any atom is -0.350 e. The number of amides is 1. The number of hydrogen-bond acceptors (Lipinski definition) is 4. The first-order valence-electron chi connectivity index (χ1n) is 6.51. The van der Waals surface area contributed by atoms with Crippen LogP contribution in [0.2, 0.25) is 0 Å². The summed E-state index contributed by atoms with van der Waals surface area (Å²) in [6.07, 6.45) is 3.39. The third-order valence-corrected chi connectivity index (χ3v) is 2.79. The summed E-state index contributed by atoms with van der Waals surface area (Å²) in [6, 6.07) is 7.67. The molecule has 1 heterocycles. The lowest BCUT2D eigenvalue weighted by Gasteiger charge is -2.11. The smallest absolute Gasteiger partial charge is 0.251 e. The monoisotopic (exact) mass is 273 g/mol. The Morgan fingerprint density at radius 2 is 2.25 bits per heavy atom. The summed E-state index contributed by atoms with van der Waals surface area (Å²) in [5.74, 6) is -0.0641. The molecule has 0 bridgehead atoms. The molecule has 0 saturated carbocycles. The third-order valence-electron chi connectivity index (χ3n) is 2.79. The number of rotatable bonds is 6. The normalized spacial score (nSPS) is 10.8. The molecule has 0 radical (unpaired) electrons. The van der Waals surface area contributed by atoms with Crippen LogP contribution in [0.3, 0.4) is 0 Å². The van der Waals surface area contributed by atoms with E-state index in [2.05, 4.69) is 20.5 Å². The molecule has 0 fully saturated rings. The summed E-state index contributed by atoms with van der Waals surface area (Å²) in [4.78, 5) is 14.1. The predicted octanol–water partition coefficient (Wildman–Crippen LogP) is 0.770. The molecule has 0 atom stereocenters. The van der Waals surface area contributed by atoms with Gasteiger partial charge in [0.2, 0.25) is 0 Å². The van der Waals surface area contributed by atoms with Crippen LogP contribution < -0.4 is 5.32 Å². The van der Waals surface area contributed by atoms with Gasteiger partial charge < -0.3 is 10.2 Å². The van der Waals surface area contributed by atoms with Crippen molar-refractivity contribution in [2.45, 2.75) is 13.1 Å². The van der Waals surface area contributed by atoms with E-state index < -0.39 is 0 Å². The molecular formula is C14H19N5O. The van der Waals surface area contributed by atoms with Gasteiger partial charge in [0.25, 0.3) is 5.91 Å². The van der Waals surface area contributed by atoms with Gasteiger partial charge in [0.15, 0.2) is 0 Å². The molecule has 0 aliphatic rings. The summed E-state index contributed by atoms with van der Waals surface area (Å²) >= 11 is 0. The van der Waals surface area contributed by atoms with E-state index in [9.17, 15) is 4.79 Å². The Bertz CT molecular complexity index is 550. The van der Waals surface area contributed by atoms with E-state index in [1.807, 2.05) is 38.4 Å². The first-order valence-corrected chi connectivity index (χ1v) is 6.51. The quantitative estimate of drug-likeness (QED) is 0.844. The lowest BCUT2D eigenvalue weighted by atomic mass is 10.1.